The fraction of sp³-hybridized carbons (Fsp3) is 0.294. The number of anilines is 3. The van der Waals surface area contributed by atoms with Crippen LogP contribution in [0.4, 0.5) is 21.5 Å². The van der Waals surface area contributed by atoms with E-state index >= 15 is 0 Å². The highest BCUT2D eigenvalue weighted by Crippen LogP contribution is 2.45. The van der Waals surface area contributed by atoms with Crippen molar-refractivity contribution in [3.8, 4) is 0 Å². The first-order valence-electron chi connectivity index (χ1n) is 7.85. The molecule has 0 atom stereocenters. The van der Waals surface area contributed by atoms with E-state index < -0.39 is 16.0 Å². The van der Waals surface area contributed by atoms with E-state index in [0.717, 1.165) is 16.3 Å². The molecule has 2 aromatic rings. The first kappa shape index (κ1) is 19.5. The predicted octanol–water partition coefficient (Wildman–Crippen LogP) is 3.50. The Labute approximate surface area is 153 Å². The van der Waals surface area contributed by atoms with Crippen LogP contribution in [0.2, 0.25) is 0 Å². The van der Waals surface area contributed by atoms with Crippen molar-refractivity contribution < 1.29 is 12.8 Å². The summed E-state index contributed by atoms with van der Waals surface area (Å²) in [4.78, 5) is 0. The van der Waals surface area contributed by atoms with Crippen molar-refractivity contribution in [2.24, 2.45) is 5.73 Å². The van der Waals surface area contributed by atoms with E-state index in [1.165, 1.54) is 16.4 Å². The molecule has 3 rings (SSSR count). The topological polar surface area (TPSA) is 66.6 Å². The average Bonchev–Trinajstić information content (AvgIpc) is 2.76. The molecule has 0 aromatic heterocycles. The van der Waals surface area contributed by atoms with Gasteiger partial charge in [0.05, 0.1) is 17.1 Å². The third-order valence-electron chi connectivity index (χ3n) is 4.02. The lowest BCUT2D eigenvalue weighted by Gasteiger charge is -2.22. The summed E-state index contributed by atoms with van der Waals surface area (Å²) in [5, 5.41) is 0. The van der Waals surface area contributed by atoms with Crippen LogP contribution >= 0.6 is 12.4 Å². The minimum absolute atomic E-state index is 0. The summed E-state index contributed by atoms with van der Waals surface area (Å²) in [6.45, 7) is 2.59. The number of unbranched alkanes of at least 4 members (excludes halogenated alkanes) is 1. The van der Waals surface area contributed by atoms with Crippen LogP contribution in [-0.2, 0) is 10.2 Å². The van der Waals surface area contributed by atoms with Gasteiger partial charge in [0, 0.05) is 6.54 Å². The van der Waals surface area contributed by atoms with Gasteiger partial charge in [-0.15, -0.1) is 12.4 Å². The van der Waals surface area contributed by atoms with Crippen molar-refractivity contribution in [1.29, 1.82) is 0 Å². The molecule has 1 aliphatic rings. The van der Waals surface area contributed by atoms with Gasteiger partial charge >= 0.3 is 10.2 Å². The molecule has 0 radical (unpaired) electrons. The van der Waals surface area contributed by atoms with Crippen LogP contribution in [0.25, 0.3) is 0 Å². The van der Waals surface area contributed by atoms with E-state index in [1.54, 1.807) is 37.3 Å². The Balaban J connectivity index is 0.00000225. The third kappa shape index (κ3) is 3.44. The first-order chi connectivity index (χ1) is 11.5. The number of nitrogens with two attached hydrogens (primary N) is 1. The molecule has 8 heteroatoms. The summed E-state index contributed by atoms with van der Waals surface area (Å²) in [5.74, 6) is -0.558. The van der Waals surface area contributed by atoms with Gasteiger partial charge < -0.3 is 5.73 Å². The molecule has 2 aromatic carbocycles. The molecular weight excluding hydrogens is 365 g/mol. The highest BCUT2D eigenvalue weighted by molar-refractivity contribution is 7.95. The summed E-state index contributed by atoms with van der Waals surface area (Å²) < 4.78 is 42.9. The Morgan fingerprint density at radius 2 is 1.72 bits per heavy atom. The van der Waals surface area contributed by atoms with Crippen molar-refractivity contribution in [3.05, 3.63) is 53.8 Å². The summed E-state index contributed by atoms with van der Waals surface area (Å²) >= 11 is 0. The largest absolute Gasteiger partial charge is 0.331 e. The Kier molecular flexibility index (Phi) is 5.92. The van der Waals surface area contributed by atoms with Crippen molar-refractivity contribution in [2.75, 3.05) is 21.7 Å². The standard InChI is InChI=1S/C17H20FN3O2S.ClH/c1-13-8-9-15(14(18)12-13)21-17-7-3-2-6-16(17)20(24(21,22)23)11-5-4-10-19;/h2-3,6-9,12H,4-5,10-11,19H2,1H3;1H. The van der Waals surface area contributed by atoms with Gasteiger partial charge in [-0.1, -0.05) is 18.2 Å². The second-order valence-electron chi connectivity index (χ2n) is 5.78. The molecule has 5 nitrogen and oxygen atoms in total. The number of nitrogens with zero attached hydrogens (tertiary/aromatic N) is 2. The molecule has 25 heavy (non-hydrogen) atoms. The fourth-order valence-electron chi connectivity index (χ4n) is 2.86. The van der Waals surface area contributed by atoms with Crippen LogP contribution in [0.15, 0.2) is 42.5 Å². The zero-order valence-electron chi connectivity index (χ0n) is 13.9. The van der Waals surface area contributed by atoms with Gasteiger partial charge in [0.15, 0.2) is 0 Å². The molecule has 2 N–H and O–H groups in total. The van der Waals surface area contributed by atoms with Gasteiger partial charge in [0.2, 0.25) is 0 Å². The lowest BCUT2D eigenvalue weighted by molar-refractivity contribution is 0.588. The van der Waals surface area contributed by atoms with Crippen molar-refractivity contribution >= 4 is 39.7 Å². The van der Waals surface area contributed by atoms with Crippen LogP contribution in [0.5, 0.6) is 0 Å². The van der Waals surface area contributed by atoms with E-state index in [-0.39, 0.29) is 18.1 Å². The molecular formula is C17H21ClFN3O2S. The third-order valence-corrected chi connectivity index (χ3v) is 5.81. The van der Waals surface area contributed by atoms with E-state index in [9.17, 15) is 12.8 Å². The lowest BCUT2D eigenvalue weighted by atomic mass is 10.2. The molecule has 0 saturated heterocycles. The van der Waals surface area contributed by atoms with Gasteiger partial charge in [-0.05, 0) is 56.1 Å². The van der Waals surface area contributed by atoms with Crippen LogP contribution < -0.4 is 14.3 Å². The number of fused-ring (bicyclic) bond motifs is 1. The van der Waals surface area contributed by atoms with Gasteiger partial charge in [-0.25, -0.2) is 8.70 Å². The van der Waals surface area contributed by atoms with Crippen LogP contribution in [-0.4, -0.2) is 21.5 Å². The van der Waals surface area contributed by atoms with Crippen molar-refractivity contribution in [3.63, 3.8) is 0 Å². The van der Waals surface area contributed by atoms with Crippen molar-refractivity contribution in [2.45, 2.75) is 19.8 Å². The minimum Gasteiger partial charge on any atom is -0.330 e. The molecule has 0 bridgehead atoms. The quantitative estimate of drug-likeness (QED) is 0.801. The number of rotatable bonds is 5. The maximum absolute atomic E-state index is 14.4. The Bertz CT molecular complexity index is 861. The maximum atomic E-state index is 14.4. The molecule has 0 aliphatic carbocycles. The van der Waals surface area contributed by atoms with Gasteiger partial charge in [-0.2, -0.15) is 8.42 Å². The molecule has 1 heterocycles. The molecule has 0 saturated carbocycles. The summed E-state index contributed by atoms with van der Waals surface area (Å²) in [5.41, 5.74) is 7.30. The normalized spacial score (nSPS) is 15.0. The second-order valence-corrected chi connectivity index (χ2v) is 7.49. The van der Waals surface area contributed by atoms with E-state index in [0.29, 0.717) is 30.9 Å². The number of benzene rings is 2. The smallest absolute Gasteiger partial charge is 0.330 e. The van der Waals surface area contributed by atoms with E-state index in [2.05, 4.69) is 0 Å². The van der Waals surface area contributed by atoms with Gasteiger partial charge in [0.25, 0.3) is 0 Å². The number of aryl methyl sites for hydroxylation is 1. The molecule has 0 spiro atoms. The fourth-order valence-corrected chi connectivity index (χ4v) is 4.62. The monoisotopic (exact) mass is 385 g/mol. The Morgan fingerprint density at radius 3 is 2.36 bits per heavy atom. The highest BCUT2D eigenvalue weighted by Gasteiger charge is 2.41. The SMILES string of the molecule is Cc1ccc(N2c3ccccc3N(CCCCN)S2(=O)=O)c(F)c1.Cl. The summed E-state index contributed by atoms with van der Waals surface area (Å²) in [6, 6.07) is 11.5. The van der Waals surface area contributed by atoms with E-state index in [4.69, 9.17) is 5.73 Å². The van der Waals surface area contributed by atoms with Crippen LogP contribution in [0.3, 0.4) is 0 Å². The number of hydrogen-bond acceptors (Lipinski definition) is 3. The van der Waals surface area contributed by atoms with Crippen LogP contribution in [0.1, 0.15) is 18.4 Å². The van der Waals surface area contributed by atoms with Crippen molar-refractivity contribution in [1.82, 2.24) is 0 Å². The number of hydrogen-bond donors (Lipinski definition) is 1. The lowest BCUT2D eigenvalue weighted by Crippen LogP contribution is -2.36. The molecule has 0 unspecified atom stereocenters. The Hall–Kier alpha value is -1.83. The molecule has 1 aliphatic heterocycles. The average molecular weight is 386 g/mol. The zero-order valence-corrected chi connectivity index (χ0v) is 15.5. The first-order valence-corrected chi connectivity index (χ1v) is 9.25. The van der Waals surface area contributed by atoms with Gasteiger partial charge in [0.1, 0.15) is 5.82 Å². The van der Waals surface area contributed by atoms with Gasteiger partial charge in [-0.3, -0.25) is 4.31 Å². The maximum Gasteiger partial charge on any atom is 0.331 e. The minimum atomic E-state index is -3.87. The Morgan fingerprint density at radius 1 is 1.04 bits per heavy atom. The molecule has 0 amide bonds. The number of para-hydroxylation sites is 2. The summed E-state index contributed by atoms with van der Waals surface area (Å²) in [6.07, 6.45) is 1.38. The number of halogens is 2. The van der Waals surface area contributed by atoms with E-state index in [1.807, 2.05) is 0 Å². The second kappa shape index (κ2) is 7.59. The highest BCUT2D eigenvalue weighted by atomic mass is 35.5. The zero-order chi connectivity index (χ0) is 17.3. The van der Waals surface area contributed by atoms with Crippen LogP contribution in [0, 0.1) is 12.7 Å². The molecule has 136 valence electrons. The summed E-state index contributed by atoms with van der Waals surface area (Å²) in [7, 11) is -3.87. The molecule has 0 fully saturated rings. The predicted molar refractivity (Wildman–Crippen MR) is 102 cm³/mol.